The van der Waals surface area contributed by atoms with Crippen molar-refractivity contribution in [2.24, 2.45) is 5.92 Å². The second-order valence-electron chi connectivity index (χ2n) is 5.35. The molecule has 4 heteroatoms. The van der Waals surface area contributed by atoms with E-state index in [0.29, 0.717) is 12.1 Å². The van der Waals surface area contributed by atoms with Crippen LogP contribution in [-0.4, -0.2) is 49.8 Å². The first-order valence-electron chi connectivity index (χ1n) is 6.86. The molecule has 2 saturated heterocycles. The number of nitrogens with zero attached hydrogens (tertiary/aromatic N) is 1. The maximum Gasteiger partial charge on any atom is 0.0674 e. The van der Waals surface area contributed by atoms with E-state index in [1.165, 1.54) is 38.9 Å². The fraction of sp³-hybridized carbons (Fsp3) is 1.00. The van der Waals surface area contributed by atoms with E-state index in [1.807, 2.05) is 0 Å². The van der Waals surface area contributed by atoms with E-state index in [2.05, 4.69) is 24.1 Å². The second-order valence-corrected chi connectivity index (χ2v) is 5.35. The van der Waals surface area contributed by atoms with Crippen molar-refractivity contribution in [3.05, 3.63) is 0 Å². The summed E-state index contributed by atoms with van der Waals surface area (Å²) < 4.78 is 5.75. The van der Waals surface area contributed by atoms with Crippen molar-refractivity contribution in [3.63, 3.8) is 0 Å². The van der Waals surface area contributed by atoms with Crippen molar-refractivity contribution in [2.75, 3.05) is 32.8 Å². The van der Waals surface area contributed by atoms with E-state index in [1.54, 1.807) is 0 Å². The van der Waals surface area contributed by atoms with Gasteiger partial charge >= 0.3 is 0 Å². The van der Waals surface area contributed by atoms with Crippen LogP contribution in [0.5, 0.6) is 0 Å². The third-order valence-electron chi connectivity index (χ3n) is 4.00. The molecule has 0 spiro atoms. The van der Waals surface area contributed by atoms with Gasteiger partial charge in [0.25, 0.3) is 0 Å². The molecule has 0 radical (unpaired) electrons. The summed E-state index contributed by atoms with van der Waals surface area (Å²) in [6.07, 6.45) is 4.34. The molecule has 2 atom stereocenters. The van der Waals surface area contributed by atoms with E-state index in [-0.39, 0.29) is 12.4 Å². The highest BCUT2D eigenvalue weighted by Crippen LogP contribution is 2.20. The molecule has 17 heavy (non-hydrogen) atoms. The van der Waals surface area contributed by atoms with Gasteiger partial charge in [-0.15, -0.1) is 12.4 Å². The molecule has 3 nitrogen and oxygen atoms in total. The molecule has 2 aliphatic heterocycles. The van der Waals surface area contributed by atoms with Crippen molar-refractivity contribution in [1.29, 1.82) is 0 Å². The van der Waals surface area contributed by atoms with Crippen molar-refractivity contribution >= 4 is 12.4 Å². The predicted molar refractivity (Wildman–Crippen MR) is 73.9 cm³/mol. The summed E-state index contributed by atoms with van der Waals surface area (Å²) in [5, 5.41) is 3.44. The number of hydrogen-bond acceptors (Lipinski definition) is 3. The largest absolute Gasteiger partial charge is 0.376 e. The monoisotopic (exact) mass is 262 g/mol. The maximum atomic E-state index is 5.75. The smallest absolute Gasteiger partial charge is 0.0674 e. The molecule has 0 aliphatic carbocycles. The van der Waals surface area contributed by atoms with Crippen LogP contribution in [-0.2, 0) is 4.74 Å². The van der Waals surface area contributed by atoms with E-state index in [0.717, 1.165) is 19.1 Å². The molecule has 0 aromatic carbocycles. The van der Waals surface area contributed by atoms with Crippen LogP contribution < -0.4 is 5.32 Å². The van der Waals surface area contributed by atoms with Crippen molar-refractivity contribution in [3.8, 4) is 0 Å². The Hall–Kier alpha value is 0.170. The van der Waals surface area contributed by atoms with Crippen LogP contribution in [0, 0.1) is 5.92 Å². The molecule has 0 amide bonds. The van der Waals surface area contributed by atoms with Gasteiger partial charge < -0.3 is 10.1 Å². The van der Waals surface area contributed by atoms with Crippen molar-refractivity contribution < 1.29 is 4.74 Å². The Balaban J connectivity index is 0.00000144. The second kappa shape index (κ2) is 7.57. The van der Waals surface area contributed by atoms with Crippen LogP contribution in [0.15, 0.2) is 0 Å². The van der Waals surface area contributed by atoms with Gasteiger partial charge in [-0.3, -0.25) is 4.90 Å². The fourth-order valence-electron chi connectivity index (χ4n) is 2.91. The number of nitrogens with one attached hydrogen (secondary N) is 1. The van der Waals surface area contributed by atoms with E-state index in [4.69, 9.17) is 4.74 Å². The van der Waals surface area contributed by atoms with Gasteiger partial charge in [-0.25, -0.2) is 0 Å². The minimum Gasteiger partial charge on any atom is -0.376 e. The Morgan fingerprint density at radius 2 is 2.00 bits per heavy atom. The van der Waals surface area contributed by atoms with Crippen LogP contribution in [0.25, 0.3) is 0 Å². The summed E-state index contributed by atoms with van der Waals surface area (Å²) in [4.78, 5) is 2.67. The van der Waals surface area contributed by atoms with Gasteiger partial charge in [-0.05, 0) is 45.2 Å². The molecule has 2 heterocycles. The molecule has 0 aromatic rings. The minimum atomic E-state index is 0. The lowest BCUT2D eigenvalue weighted by Crippen LogP contribution is -2.50. The first-order chi connectivity index (χ1) is 7.79. The SMILES string of the molecule is CCC1COC(C)CN1CC1CCNCC1.Cl. The molecule has 0 saturated carbocycles. The Bertz CT molecular complexity index is 210. The Labute approximate surface area is 112 Å². The van der Waals surface area contributed by atoms with Crippen LogP contribution >= 0.6 is 12.4 Å². The summed E-state index contributed by atoms with van der Waals surface area (Å²) in [6, 6.07) is 0.658. The topological polar surface area (TPSA) is 24.5 Å². The molecular formula is C13H27ClN2O. The fourth-order valence-corrected chi connectivity index (χ4v) is 2.91. The number of hydrogen-bond donors (Lipinski definition) is 1. The number of rotatable bonds is 3. The Morgan fingerprint density at radius 3 is 2.65 bits per heavy atom. The zero-order valence-corrected chi connectivity index (χ0v) is 12.0. The molecule has 0 aromatic heterocycles. The zero-order valence-electron chi connectivity index (χ0n) is 11.2. The highest BCUT2D eigenvalue weighted by molar-refractivity contribution is 5.85. The number of morpholine rings is 1. The van der Waals surface area contributed by atoms with E-state index >= 15 is 0 Å². The summed E-state index contributed by atoms with van der Waals surface area (Å²) in [7, 11) is 0. The quantitative estimate of drug-likeness (QED) is 0.841. The van der Waals surface area contributed by atoms with Crippen LogP contribution in [0.3, 0.4) is 0 Å². The Kier molecular flexibility index (Phi) is 6.78. The molecule has 2 fully saturated rings. The standard InChI is InChI=1S/C13H26N2O.ClH/c1-3-13-10-16-11(2)8-15(13)9-12-4-6-14-7-5-12;/h11-14H,3-10H2,1-2H3;1H. The molecule has 2 aliphatic rings. The minimum absolute atomic E-state index is 0. The lowest BCUT2D eigenvalue weighted by Gasteiger charge is -2.40. The zero-order chi connectivity index (χ0) is 11.4. The van der Waals surface area contributed by atoms with Crippen molar-refractivity contribution in [2.45, 2.75) is 45.3 Å². The lowest BCUT2D eigenvalue weighted by atomic mass is 9.96. The molecule has 0 bridgehead atoms. The van der Waals surface area contributed by atoms with Crippen molar-refractivity contribution in [1.82, 2.24) is 10.2 Å². The normalized spacial score (nSPS) is 32.1. The number of halogens is 1. The molecule has 2 unspecified atom stereocenters. The van der Waals surface area contributed by atoms with Gasteiger partial charge in [0.05, 0.1) is 12.7 Å². The Morgan fingerprint density at radius 1 is 1.29 bits per heavy atom. The van der Waals surface area contributed by atoms with Gasteiger partial charge in [0.15, 0.2) is 0 Å². The molecule has 102 valence electrons. The maximum absolute atomic E-state index is 5.75. The van der Waals surface area contributed by atoms with Gasteiger partial charge in [-0.2, -0.15) is 0 Å². The molecule has 1 N–H and O–H groups in total. The van der Waals surface area contributed by atoms with E-state index < -0.39 is 0 Å². The molecule has 2 rings (SSSR count). The summed E-state index contributed by atoms with van der Waals surface area (Å²) >= 11 is 0. The first-order valence-corrected chi connectivity index (χ1v) is 6.86. The van der Waals surface area contributed by atoms with Crippen LogP contribution in [0.4, 0.5) is 0 Å². The summed E-state index contributed by atoms with van der Waals surface area (Å²) in [5.41, 5.74) is 0. The number of piperidine rings is 1. The highest BCUT2D eigenvalue weighted by atomic mass is 35.5. The summed E-state index contributed by atoms with van der Waals surface area (Å²) in [5.74, 6) is 0.903. The van der Waals surface area contributed by atoms with Crippen LogP contribution in [0.2, 0.25) is 0 Å². The van der Waals surface area contributed by atoms with E-state index in [9.17, 15) is 0 Å². The lowest BCUT2D eigenvalue weighted by molar-refractivity contribution is -0.0617. The number of ether oxygens (including phenoxy) is 1. The third kappa shape index (κ3) is 4.40. The predicted octanol–water partition coefficient (Wildman–Crippen LogP) is 1.91. The van der Waals surface area contributed by atoms with Crippen LogP contribution in [0.1, 0.15) is 33.1 Å². The van der Waals surface area contributed by atoms with Gasteiger partial charge in [0.2, 0.25) is 0 Å². The van der Waals surface area contributed by atoms with Gasteiger partial charge in [0.1, 0.15) is 0 Å². The third-order valence-corrected chi connectivity index (χ3v) is 4.00. The van der Waals surface area contributed by atoms with Gasteiger partial charge in [0, 0.05) is 19.1 Å². The molecular weight excluding hydrogens is 236 g/mol. The average molecular weight is 263 g/mol. The van der Waals surface area contributed by atoms with Gasteiger partial charge in [-0.1, -0.05) is 6.92 Å². The highest BCUT2D eigenvalue weighted by Gasteiger charge is 2.27. The first kappa shape index (κ1) is 15.2. The average Bonchev–Trinajstić information content (AvgIpc) is 2.31. The summed E-state index contributed by atoms with van der Waals surface area (Å²) in [6.45, 7) is 10.2.